The average Bonchev–Trinajstić information content (AvgIpc) is 3.11. The molecule has 3 aromatic rings. The lowest BCUT2D eigenvalue weighted by molar-refractivity contribution is -0.137. The van der Waals surface area contributed by atoms with Gasteiger partial charge in [-0.3, -0.25) is 9.59 Å². The van der Waals surface area contributed by atoms with E-state index in [1.165, 1.54) is 12.1 Å². The third-order valence-corrected chi connectivity index (χ3v) is 5.40. The Hall–Kier alpha value is -3.97. The third kappa shape index (κ3) is 5.10. The maximum Gasteiger partial charge on any atom is 0.303 e. The monoisotopic (exact) mass is 445 g/mol. The number of amides is 1. The molecule has 168 valence electrons. The highest BCUT2D eigenvalue weighted by Gasteiger charge is 2.29. The summed E-state index contributed by atoms with van der Waals surface area (Å²) < 4.78 is 13.8. The maximum absolute atomic E-state index is 13.8. The first-order valence-corrected chi connectivity index (χ1v) is 10.6. The van der Waals surface area contributed by atoms with Crippen LogP contribution in [-0.2, 0) is 22.6 Å². The fourth-order valence-electron chi connectivity index (χ4n) is 3.91. The lowest BCUT2D eigenvalue weighted by Crippen LogP contribution is -2.11. The predicted octanol–water partition coefficient (Wildman–Crippen LogP) is 4.49. The lowest BCUT2D eigenvalue weighted by Gasteiger charge is -2.16. The van der Waals surface area contributed by atoms with Gasteiger partial charge in [0.05, 0.1) is 17.0 Å². The normalized spacial score (nSPS) is 13.9. The highest BCUT2D eigenvalue weighted by molar-refractivity contribution is 6.37. The number of anilines is 2. The SMILES string of the molecule is CNCc1cccc(NC(=C2C(=O)Nc3cc(F)ccc32)c2cccc(CCC(=O)O)c2)c1. The standard InChI is InChI=1S/C26H24FN3O3/c1-28-15-17-5-3-7-20(13-17)29-25(18-6-2-4-16(12-18)8-11-23(31)32)24-21-10-9-19(27)14-22(21)30-26(24)33/h2-7,9-10,12-14,28-29H,8,11,15H2,1H3,(H,30,33)(H,31,32). The molecule has 1 heterocycles. The number of nitrogens with one attached hydrogen (secondary N) is 3. The van der Waals surface area contributed by atoms with Gasteiger partial charge in [-0.15, -0.1) is 0 Å². The highest BCUT2D eigenvalue weighted by atomic mass is 19.1. The summed E-state index contributed by atoms with van der Waals surface area (Å²) in [5.41, 5.74) is 5.43. The van der Waals surface area contributed by atoms with Gasteiger partial charge in [-0.1, -0.05) is 30.3 Å². The molecule has 6 nitrogen and oxygen atoms in total. The molecule has 1 amide bonds. The van der Waals surface area contributed by atoms with E-state index in [1.54, 1.807) is 6.07 Å². The minimum atomic E-state index is -0.871. The quantitative estimate of drug-likeness (QED) is 0.384. The zero-order valence-corrected chi connectivity index (χ0v) is 18.1. The van der Waals surface area contributed by atoms with Crippen molar-refractivity contribution in [1.29, 1.82) is 0 Å². The second-order valence-electron chi connectivity index (χ2n) is 7.84. The van der Waals surface area contributed by atoms with E-state index >= 15 is 0 Å². The van der Waals surface area contributed by atoms with Crippen LogP contribution in [0.3, 0.4) is 0 Å². The largest absolute Gasteiger partial charge is 0.481 e. The molecule has 4 N–H and O–H groups in total. The summed E-state index contributed by atoms with van der Waals surface area (Å²) in [7, 11) is 1.87. The first kappa shape index (κ1) is 22.2. The van der Waals surface area contributed by atoms with Crippen LogP contribution in [-0.4, -0.2) is 24.0 Å². The Bertz CT molecular complexity index is 1250. The van der Waals surface area contributed by atoms with Crippen molar-refractivity contribution >= 4 is 34.5 Å². The van der Waals surface area contributed by atoms with Crippen molar-refractivity contribution in [3.05, 3.63) is 94.8 Å². The molecule has 0 radical (unpaired) electrons. The van der Waals surface area contributed by atoms with Gasteiger partial charge in [0, 0.05) is 24.2 Å². The number of carbonyl (C=O) groups is 2. The van der Waals surface area contributed by atoms with Gasteiger partial charge < -0.3 is 21.1 Å². The molecule has 4 rings (SSSR count). The molecule has 7 heteroatoms. The minimum Gasteiger partial charge on any atom is -0.481 e. The van der Waals surface area contributed by atoms with Gasteiger partial charge in [-0.2, -0.15) is 0 Å². The van der Waals surface area contributed by atoms with Crippen LogP contribution in [0.5, 0.6) is 0 Å². The summed E-state index contributed by atoms with van der Waals surface area (Å²) in [5.74, 6) is -1.63. The highest BCUT2D eigenvalue weighted by Crippen LogP contribution is 2.38. The minimum absolute atomic E-state index is 0.0114. The predicted molar refractivity (Wildman–Crippen MR) is 127 cm³/mol. The molecular formula is C26H24FN3O3. The number of hydrogen-bond donors (Lipinski definition) is 4. The molecule has 3 aromatic carbocycles. The fourth-order valence-corrected chi connectivity index (χ4v) is 3.91. The molecule has 0 unspecified atom stereocenters. The maximum atomic E-state index is 13.8. The molecule has 0 bridgehead atoms. The fraction of sp³-hybridized carbons (Fsp3) is 0.154. The van der Waals surface area contributed by atoms with E-state index in [-0.39, 0.29) is 12.3 Å². The number of rotatable bonds is 8. The number of benzene rings is 3. The van der Waals surface area contributed by atoms with Crippen molar-refractivity contribution in [1.82, 2.24) is 5.32 Å². The van der Waals surface area contributed by atoms with Crippen LogP contribution in [0.2, 0.25) is 0 Å². The third-order valence-electron chi connectivity index (χ3n) is 5.40. The molecule has 0 spiro atoms. The molecule has 0 atom stereocenters. The average molecular weight is 445 g/mol. The van der Waals surface area contributed by atoms with Crippen LogP contribution >= 0.6 is 0 Å². The zero-order chi connectivity index (χ0) is 23.4. The van der Waals surface area contributed by atoms with Gasteiger partial charge in [-0.05, 0) is 66.6 Å². The van der Waals surface area contributed by atoms with E-state index in [9.17, 15) is 14.0 Å². The van der Waals surface area contributed by atoms with Gasteiger partial charge in [0.1, 0.15) is 5.82 Å². The summed E-state index contributed by atoms with van der Waals surface area (Å²) >= 11 is 0. The second kappa shape index (κ2) is 9.67. The molecular weight excluding hydrogens is 421 g/mol. The van der Waals surface area contributed by atoms with E-state index in [0.29, 0.717) is 35.5 Å². The van der Waals surface area contributed by atoms with Crippen LogP contribution in [0, 0.1) is 5.82 Å². The van der Waals surface area contributed by atoms with Gasteiger partial charge in [0.2, 0.25) is 0 Å². The van der Waals surface area contributed by atoms with Gasteiger partial charge in [0.25, 0.3) is 5.91 Å². The smallest absolute Gasteiger partial charge is 0.303 e. The van der Waals surface area contributed by atoms with Gasteiger partial charge in [0.15, 0.2) is 0 Å². The Labute approximate surface area is 191 Å². The second-order valence-corrected chi connectivity index (χ2v) is 7.84. The molecule has 0 saturated carbocycles. The molecule has 33 heavy (non-hydrogen) atoms. The Kier molecular flexibility index (Phi) is 6.51. The van der Waals surface area contributed by atoms with Crippen molar-refractivity contribution in [2.75, 3.05) is 17.7 Å². The van der Waals surface area contributed by atoms with Crippen molar-refractivity contribution < 1.29 is 19.1 Å². The number of carboxylic acids is 1. The number of aryl methyl sites for hydroxylation is 1. The van der Waals surface area contributed by atoms with Crippen LogP contribution in [0.25, 0.3) is 11.3 Å². The molecule has 1 aliphatic rings. The van der Waals surface area contributed by atoms with Gasteiger partial charge >= 0.3 is 5.97 Å². The van der Waals surface area contributed by atoms with Crippen LogP contribution in [0.4, 0.5) is 15.8 Å². The number of carboxylic acid groups (broad SMARTS) is 1. The first-order chi connectivity index (χ1) is 15.9. The molecule has 0 fully saturated rings. The van der Waals surface area contributed by atoms with E-state index in [1.807, 2.05) is 55.6 Å². The molecule has 0 aliphatic carbocycles. The molecule has 0 saturated heterocycles. The lowest BCUT2D eigenvalue weighted by atomic mass is 9.97. The van der Waals surface area contributed by atoms with E-state index in [0.717, 1.165) is 22.4 Å². The topological polar surface area (TPSA) is 90.5 Å². The zero-order valence-electron chi connectivity index (χ0n) is 18.1. The summed E-state index contributed by atoms with van der Waals surface area (Å²) in [6, 6.07) is 19.5. The van der Waals surface area contributed by atoms with E-state index < -0.39 is 11.8 Å². The Morgan fingerprint density at radius 3 is 2.61 bits per heavy atom. The summed E-state index contributed by atoms with van der Waals surface area (Å²) in [6.45, 7) is 0.689. The number of halogens is 1. The van der Waals surface area contributed by atoms with Gasteiger partial charge in [-0.25, -0.2) is 4.39 Å². The molecule has 0 aromatic heterocycles. The summed E-state index contributed by atoms with van der Waals surface area (Å²) in [6.07, 6.45) is 0.384. The first-order valence-electron chi connectivity index (χ1n) is 10.6. The van der Waals surface area contributed by atoms with Crippen molar-refractivity contribution in [2.24, 2.45) is 0 Å². The van der Waals surface area contributed by atoms with Crippen LogP contribution in [0.15, 0.2) is 66.7 Å². The van der Waals surface area contributed by atoms with Crippen molar-refractivity contribution in [2.45, 2.75) is 19.4 Å². The van der Waals surface area contributed by atoms with Crippen LogP contribution < -0.4 is 16.0 Å². The van der Waals surface area contributed by atoms with Crippen molar-refractivity contribution in [3.8, 4) is 0 Å². The molecule has 1 aliphatic heterocycles. The van der Waals surface area contributed by atoms with Crippen molar-refractivity contribution in [3.63, 3.8) is 0 Å². The van der Waals surface area contributed by atoms with E-state index in [2.05, 4.69) is 16.0 Å². The number of carbonyl (C=O) groups excluding carboxylic acids is 1. The Morgan fingerprint density at radius 2 is 1.82 bits per heavy atom. The Morgan fingerprint density at radius 1 is 1.03 bits per heavy atom. The number of fused-ring (bicyclic) bond motifs is 1. The number of hydrogen-bond acceptors (Lipinski definition) is 4. The van der Waals surface area contributed by atoms with E-state index in [4.69, 9.17) is 5.11 Å². The summed E-state index contributed by atoms with van der Waals surface area (Å²) in [5, 5.41) is 18.3. The number of aliphatic carboxylic acids is 1. The Balaban J connectivity index is 1.83. The summed E-state index contributed by atoms with van der Waals surface area (Å²) in [4.78, 5) is 24.0. The van der Waals surface area contributed by atoms with Crippen LogP contribution in [0.1, 0.15) is 28.7 Å².